The largest absolute Gasteiger partial charge is 0.459 e. The standard InChI is InChI=1S/C33H31Cl3O10/c1-2-40-29-15-25(45-32(38)20-5-11-23(35)12-6-20)27(43-29)17-41-30-16-26(46-33(39)21-7-13-24(36)14-8-21)28(44-30)18-42-31(37)19-3-9-22(34)10-4-19/h3-14,25-30H,2,15-18H2,1H3/t25-,26-,27+,28+,29-,30+/m0/s1. The second-order valence-corrected chi connectivity index (χ2v) is 11.8. The van der Waals surface area contributed by atoms with Gasteiger partial charge < -0.3 is 33.2 Å². The van der Waals surface area contributed by atoms with Gasteiger partial charge in [0.1, 0.15) is 31.0 Å². The van der Waals surface area contributed by atoms with Gasteiger partial charge in [-0.25, -0.2) is 14.4 Å². The first kappa shape index (κ1) is 34.1. The van der Waals surface area contributed by atoms with Crippen molar-refractivity contribution in [1.82, 2.24) is 0 Å². The van der Waals surface area contributed by atoms with Crippen LogP contribution in [0.15, 0.2) is 72.8 Å². The lowest BCUT2D eigenvalue weighted by Crippen LogP contribution is -2.33. The highest BCUT2D eigenvalue weighted by Crippen LogP contribution is 2.30. The third-order valence-corrected chi connectivity index (χ3v) is 8.02. The Kier molecular flexibility index (Phi) is 11.9. The third-order valence-electron chi connectivity index (χ3n) is 7.27. The van der Waals surface area contributed by atoms with Gasteiger partial charge in [-0.05, 0) is 79.7 Å². The Hall–Kier alpha value is -3.22. The smallest absolute Gasteiger partial charge is 0.338 e. The summed E-state index contributed by atoms with van der Waals surface area (Å²) in [5, 5.41) is 1.44. The summed E-state index contributed by atoms with van der Waals surface area (Å²) in [6.45, 7) is 1.99. The van der Waals surface area contributed by atoms with Crippen LogP contribution in [0.25, 0.3) is 0 Å². The van der Waals surface area contributed by atoms with E-state index in [0.29, 0.717) is 39.2 Å². The number of hydrogen-bond acceptors (Lipinski definition) is 10. The zero-order chi connectivity index (χ0) is 32.6. The van der Waals surface area contributed by atoms with E-state index in [1.165, 1.54) is 12.1 Å². The number of rotatable bonds is 12. The summed E-state index contributed by atoms with van der Waals surface area (Å²) in [5.74, 6) is -1.74. The molecule has 0 aromatic heterocycles. The molecule has 0 aliphatic carbocycles. The highest BCUT2D eigenvalue weighted by molar-refractivity contribution is 6.31. The predicted octanol–water partition coefficient (Wildman–Crippen LogP) is 6.54. The minimum absolute atomic E-state index is 0.0259. The lowest BCUT2D eigenvalue weighted by molar-refractivity contribution is -0.186. The fourth-order valence-electron chi connectivity index (χ4n) is 4.91. The molecule has 0 N–H and O–H groups in total. The Balaban J connectivity index is 1.23. The molecule has 46 heavy (non-hydrogen) atoms. The first-order valence-electron chi connectivity index (χ1n) is 14.6. The summed E-state index contributed by atoms with van der Waals surface area (Å²) in [6, 6.07) is 18.8. The van der Waals surface area contributed by atoms with E-state index in [9.17, 15) is 14.4 Å². The molecular formula is C33H31Cl3O10. The van der Waals surface area contributed by atoms with Crippen molar-refractivity contribution in [2.45, 2.75) is 56.8 Å². The molecule has 5 rings (SSSR count). The van der Waals surface area contributed by atoms with Crippen LogP contribution in [0.2, 0.25) is 15.1 Å². The van der Waals surface area contributed by atoms with Gasteiger partial charge in [-0.1, -0.05) is 34.8 Å². The Bertz CT molecular complexity index is 1480. The summed E-state index contributed by atoms with van der Waals surface area (Å²) in [6.07, 6.45) is -4.01. The lowest BCUT2D eigenvalue weighted by atomic mass is 10.1. The normalized spacial score (nSPS) is 24.0. The highest BCUT2D eigenvalue weighted by atomic mass is 35.5. The molecule has 0 amide bonds. The van der Waals surface area contributed by atoms with Gasteiger partial charge in [-0.2, -0.15) is 0 Å². The van der Waals surface area contributed by atoms with E-state index in [1.54, 1.807) is 60.7 Å². The van der Waals surface area contributed by atoms with E-state index >= 15 is 0 Å². The second-order valence-electron chi connectivity index (χ2n) is 10.5. The SMILES string of the molecule is CCO[C@@H]1C[C@H](OC(=O)c2ccc(Cl)cc2)[C@@H](CO[C@H]2C[C@H](OC(=O)c3ccc(Cl)cc3)[C@@H](COC(=O)c3ccc(Cl)cc3)O2)O1. The Morgan fingerprint density at radius 3 is 1.43 bits per heavy atom. The second kappa shape index (κ2) is 16.1. The van der Waals surface area contributed by atoms with Crippen LogP contribution in [-0.2, 0) is 33.2 Å². The molecule has 2 aliphatic heterocycles. The van der Waals surface area contributed by atoms with Crippen LogP contribution in [0.5, 0.6) is 0 Å². The van der Waals surface area contributed by atoms with Crippen molar-refractivity contribution in [2.75, 3.05) is 19.8 Å². The van der Waals surface area contributed by atoms with Crippen molar-refractivity contribution in [3.63, 3.8) is 0 Å². The summed E-state index contributed by atoms with van der Waals surface area (Å²) < 4.78 is 40.7. The molecule has 10 nitrogen and oxygen atoms in total. The molecule has 3 aromatic carbocycles. The minimum Gasteiger partial charge on any atom is -0.459 e. The Labute approximate surface area is 280 Å². The summed E-state index contributed by atoms with van der Waals surface area (Å²) in [4.78, 5) is 38.4. The number of ether oxygens (including phenoxy) is 7. The summed E-state index contributed by atoms with van der Waals surface area (Å²) in [7, 11) is 0. The van der Waals surface area contributed by atoms with Crippen molar-refractivity contribution < 1.29 is 47.5 Å². The topological polar surface area (TPSA) is 116 Å². The van der Waals surface area contributed by atoms with E-state index < -0.39 is 54.9 Å². The highest BCUT2D eigenvalue weighted by Gasteiger charge is 2.43. The molecule has 0 spiro atoms. The zero-order valence-corrected chi connectivity index (χ0v) is 26.9. The fourth-order valence-corrected chi connectivity index (χ4v) is 5.29. The van der Waals surface area contributed by atoms with Crippen LogP contribution in [0.4, 0.5) is 0 Å². The van der Waals surface area contributed by atoms with Gasteiger partial charge in [0, 0.05) is 34.5 Å². The first-order valence-corrected chi connectivity index (χ1v) is 15.7. The van der Waals surface area contributed by atoms with E-state index in [4.69, 9.17) is 68.0 Å². The number of hydrogen-bond donors (Lipinski definition) is 0. The maximum atomic E-state index is 12.9. The van der Waals surface area contributed by atoms with Gasteiger partial charge >= 0.3 is 17.9 Å². The van der Waals surface area contributed by atoms with Gasteiger partial charge in [0.05, 0.1) is 23.3 Å². The Morgan fingerprint density at radius 2 is 1.00 bits per heavy atom. The molecule has 13 heteroatoms. The van der Waals surface area contributed by atoms with Crippen LogP contribution in [0.3, 0.4) is 0 Å². The zero-order valence-electron chi connectivity index (χ0n) is 24.6. The van der Waals surface area contributed by atoms with E-state index in [0.717, 1.165) is 0 Å². The molecule has 0 unspecified atom stereocenters. The molecule has 244 valence electrons. The molecule has 0 saturated carbocycles. The maximum Gasteiger partial charge on any atom is 0.338 e. The van der Waals surface area contributed by atoms with Crippen LogP contribution in [0.1, 0.15) is 50.8 Å². The number of carbonyl (C=O) groups is 3. The van der Waals surface area contributed by atoms with Crippen molar-refractivity contribution in [1.29, 1.82) is 0 Å². The van der Waals surface area contributed by atoms with Gasteiger partial charge in [-0.3, -0.25) is 0 Å². The van der Waals surface area contributed by atoms with Crippen molar-refractivity contribution in [2.24, 2.45) is 0 Å². The van der Waals surface area contributed by atoms with Crippen LogP contribution >= 0.6 is 34.8 Å². The summed E-state index contributed by atoms with van der Waals surface area (Å²) >= 11 is 17.8. The predicted molar refractivity (Wildman–Crippen MR) is 167 cm³/mol. The molecule has 0 bridgehead atoms. The van der Waals surface area contributed by atoms with Crippen LogP contribution < -0.4 is 0 Å². The molecule has 6 atom stereocenters. The molecule has 2 saturated heterocycles. The first-order chi connectivity index (χ1) is 22.2. The minimum atomic E-state index is -0.857. The number of carbonyl (C=O) groups excluding carboxylic acids is 3. The van der Waals surface area contributed by atoms with Crippen molar-refractivity contribution in [3.8, 4) is 0 Å². The van der Waals surface area contributed by atoms with Crippen molar-refractivity contribution >= 4 is 52.7 Å². The van der Waals surface area contributed by atoms with Gasteiger partial charge in [0.15, 0.2) is 12.6 Å². The number of esters is 3. The molecular weight excluding hydrogens is 663 g/mol. The molecule has 2 aliphatic rings. The molecule has 3 aromatic rings. The van der Waals surface area contributed by atoms with Crippen LogP contribution in [-0.4, -0.2) is 74.7 Å². The Morgan fingerprint density at radius 1 is 0.609 bits per heavy atom. The average molecular weight is 694 g/mol. The number of benzene rings is 3. The fraction of sp³-hybridized carbons (Fsp3) is 0.364. The van der Waals surface area contributed by atoms with E-state index in [1.807, 2.05) is 6.92 Å². The lowest BCUT2D eigenvalue weighted by Gasteiger charge is -2.21. The monoisotopic (exact) mass is 692 g/mol. The van der Waals surface area contributed by atoms with Gasteiger partial charge in [-0.15, -0.1) is 0 Å². The van der Waals surface area contributed by atoms with E-state index in [-0.39, 0.29) is 25.2 Å². The number of halogens is 3. The van der Waals surface area contributed by atoms with Crippen LogP contribution in [0, 0.1) is 0 Å². The van der Waals surface area contributed by atoms with Gasteiger partial charge in [0.2, 0.25) is 0 Å². The average Bonchev–Trinajstić information content (AvgIpc) is 3.62. The van der Waals surface area contributed by atoms with Crippen molar-refractivity contribution in [3.05, 3.63) is 105 Å². The quantitative estimate of drug-likeness (QED) is 0.153. The van der Waals surface area contributed by atoms with E-state index in [2.05, 4.69) is 0 Å². The summed E-state index contributed by atoms with van der Waals surface area (Å²) in [5.41, 5.74) is 0.924. The molecule has 2 fully saturated rings. The third kappa shape index (κ3) is 9.19. The molecule has 0 radical (unpaired) electrons. The maximum absolute atomic E-state index is 12.9. The molecule has 2 heterocycles. The van der Waals surface area contributed by atoms with Gasteiger partial charge in [0.25, 0.3) is 0 Å².